The molecule has 4 aromatic heterocycles. The molecule has 0 spiro atoms. The maximum Gasteiger partial charge on any atom is 0.110 e. The van der Waals surface area contributed by atoms with Crippen molar-refractivity contribution in [2.45, 2.75) is 0 Å². The largest absolute Gasteiger partial charge is 0.285 e. The molecule has 0 bridgehead atoms. The van der Waals surface area contributed by atoms with Crippen molar-refractivity contribution in [1.82, 2.24) is 25.1 Å². The maximum absolute atomic E-state index is 4.25. The van der Waals surface area contributed by atoms with Crippen LogP contribution in [0.3, 0.4) is 0 Å². The topological polar surface area (TPSA) is 67.3 Å². The summed E-state index contributed by atoms with van der Waals surface area (Å²) in [6.45, 7) is 0. The average molecular weight is 648 g/mol. The van der Waals surface area contributed by atoms with Gasteiger partial charge in [-0.3, -0.25) is 20.1 Å². The smallest absolute Gasteiger partial charge is 0.110 e. The third-order valence-corrected chi connectivity index (χ3v) is 4.90. The van der Waals surface area contributed by atoms with Crippen molar-refractivity contribution in [3.8, 4) is 33.9 Å². The van der Waals surface area contributed by atoms with Gasteiger partial charge >= 0.3 is 0 Å². The van der Waals surface area contributed by atoms with Crippen molar-refractivity contribution < 1.29 is 20.1 Å². The summed E-state index contributed by atoms with van der Waals surface area (Å²) in [6.07, 6.45) is 7.15. The normalized spacial score (nSPS) is 9.44. The first-order chi connectivity index (χ1) is 17.4. The van der Waals surface area contributed by atoms with Gasteiger partial charge in [0.15, 0.2) is 0 Å². The van der Waals surface area contributed by atoms with Gasteiger partial charge < -0.3 is 0 Å². The Hall–Kier alpha value is -4.25. The van der Waals surface area contributed by atoms with E-state index < -0.39 is 0 Å². The molecule has 0 amide bonds. The molecular formula is C30H25IrN5. The van der Waals surface area contributed by atoms with Crippen molar-refractivity contribution in [2.24, 2.45) is 0 Å². The van der Waals surface area contributed by atoms with Crippen molar-refractivity contribution in [1.29, 1.82) is 0 Å². The SMILES string of the molecule is [Ir].c1ccc(-c2cc[nH]n2)nc1.c1ccc(-c2ccccn2)cc1.c1ccc(-c2ccccn2)cc1. The van der Waals surface area contributed by atoms with Gasteiger partial charge in [0.2, 0.25) is 0 Å². The molecule has 1 N–H and O–H groups in total. The molecule has 6 rings (SSSR count). The Kier molecular flexibility index (Phi) is 10.9. The van der Waals surface area contributed by atoms with Gasteiger partial charge in [-0.1, -0.05) is 78.9 Å². The van der Waals surface area contributed by atoms with Crippen LogP contribution in [-0.2, 0) is 20.1 Å². The number of benzene rings is 2. The van der Waals surface area contributed by atoms with Crippen LogP contribution in [0.25, 0.3) is 33.9 Å². The fourth-order valence-electron chi connectivity index (χ4n) is 3.20. The Labute approximate surface area is 224 Å². The van der Waals surface area contributed by atoms with Gasteiger partial charge in [-0.05, 0) is 42.5 Å². The van der Waals surface area contributed by atoms with Crippen molar-refractivity contribution >= 4 is 0 Å². The van der Waals surface area contributed by atoms with Crippen LogP contribution in [-0.4, -0.2) is 25.1 Å². The van der Waals surface area contributed by atoms with Crippen molar-refractivity contribution in [3.63, 3.8) is 0 Å². The molecule has 6 heteroatoms. The quantitative estimate of drug-likeness (QED) is 0.226. The minimum atomic E-state index is 0. The molecule has 0 saturated heterocycles. The molecule has 36 heavy (non-hydrogen) atoms. The number of hydrogen-bond donors (Lipinski definition) is 1. The van der Waals surface area contributed by atoms with Crippen LogP contribution < -0.4 is 0 Å². The predicted octanol–water partition coefficient (Wildman–Crippen LogP) is 6.97. The van der Waals surface area contributed by atoms with E-state index in [-0.39, 0.29) is 20.1 Å². The van der Waals surface area contributed by atoms with Crippen molar-refractivity contribution in [3.05, 3.63) is 146 Å². The van der Waals surface area contributed by atoms with E-state index in [9.17, 15) is 0 Å². The number of aromatic amines is 1. The summed E-state index contributed by atoms with van der Waals surface area (Å²) in [4.78, 5) is 12.6. The molecule has 0 atom stereocenters. The summed E-state index contributed by atoms with van der Waals surface area (Å²) < 4.78 is 0. The van der Waals surface area contributed by atoms with Crippen LogP contribution in [0.1, 0.15) is 0 Å². The number of nitrogens with one attached hydrogen (secondary N) is 1. The van der Waals surface area contributed by atoms with Gasteiger partial charge in [-0.2, -0.15) is 5.10 Å². The molecule has 1 radical (unpaired) electrons. The second-order valence-corrected chi connectivity index (χ2v) is 7.34. The maximum atomic E-state index is 4.25. The van der Waals surface area contributed by atoms with Crippen LogP contribution in [0.4, 0.5) is 0 Å². The zero-order valence-corrected chi connectivity index (χ0v) is 21.9. The number of aromatic nitrogens is 5. The van der Waals surface area contributed by atoms with E-state index in [0.717, 1.165) is 33.9 Å². The summed E-state index contributed by atoms with van der Waals surface area (Å²) in [5.41, 5.74) is 6.16. The van der Waals surface area contributed by atoms with Crippen LogP contribution >= 0.6 is 0 Å². The molecule has 0 aliphatic carbocycles. The van der Waals surface area contributed by atoms with E-state index in [4.69, 9.17) is 0 Å². The first kappa shape index (κ1) is 26.4. The molecule has 0 aliphatic rings. The molecule has 0 saturated carbocycles. The molecule has 4 heterocycles. The molecule has 0 fully saturated rings. The first-order valence-electron chi connectivity index (χ1n) is 11.2. The average Bonchev–Trinajstić information content (AvgIpc) is 3.52. The second kappa shape index (κ2) is 14.9. The first-order valence-corrected chi connectivity index (χ1v) is 11.2. The molecule has 0 unspecified atom stereocenters. The summed E-state index contributed by atoms with van der Waals surface area (Å²) >= 11 is 0. The monoisotopic (exact) mass is 648 g/mol. The van der Waals surface area contributed by atoms with E-state index in [0.29, 0.717) is 0 Å². The summed E-state index contributed by atoms with van der Waals surface area (Å²) in [7, 11) is 0. The van der Waals surface area contributed by atoms with Crippen LogP contribution in [0.2, 0.25) is 0 Å². The number of nitrogens with zero attached hydrogens (tertiary/aromatic N) is 4. The van der Waals surface area contributed by atoms with Crippen molar-refractivity contribution in [2.75, 3.05) is 0 Å². The van der Waals surface area contributed by atoms with Crippen LogP contribution in [0, 0.1) is 0 Å². The second-order valence-electron chi connectivity index (χ2n) is 7.34. The molecule has 5 nitrogen and oxygen atoms in total. The zero-order chi connectivity index (χ0) is 24.0. The molecule has 6 aromatic rings. The van der Waals surface area contributed by atoms with Crippen LogP contribution in [0.15, 0.2) is 146 Å². The van der Waals surface area contributed by atoms with Gasteiger partial charge in [0.05, 0.1) is 17.1 Å². The Morgan fingerprint density at radius 1 is 0.389 bits per heavy atom. The number of hydrogen-bond acceptors (Lipinski definition) is 4. The fraction of sp³-hybridized carbons (Fsp3) is 0. The van der Waals surface area contributed by atoms with Gasteiger partial charge in [0.1, 0.15) is 5.69 Å². The third-order valence-electron chi connectivity index (χ3n) is 4.90. The van der Waals surface area contributed by atoms with E-state index >= 15 is 0 Å². The third kappa shape index (κ3) is 8.20. The number of H-pyrrole nitrogens is 1. The van der Waals surface area contributed by atoms with E-state index in [1.54, 1.807) is 12.4 Å². The van der Waals surface area contributed by atoms with Gasteiger partial charge in [-0.25, -0.2) is 0 Å². The fourth-order valence-corrected chi connectivity index (χ4v) is 3.20. The van der Waals surface area contributed by atoms with E-state index in [2.05, 4.69) is 49.4 Å². The van der Waals surface area contributed by atoms with Crippen LogP contribution in [0.5, 0.6) is 0 Å². The van der Waals surface area contributed by atoms with Gasteiger partial charge in [0, 0.05) is 56.0 Å². The number of rotatable bonds is 3. The molecular weight excluding hydrogens is 623 g/mol. The Morgan fingerprint density at radius 3 is 1.17 bits per heavy atom. The molecule has 2 aromatic carbocycles. The minimum absolute atomic E-state index is 0. The zero-order valence-electron chi connectivity index (χ0n) is 19.5. The Bertz CT molecular complexity index is 1200. The standard InChI is InChI=1S/2C11H9N.C8H7N3.Ir/c2*1-2-6-10(7-3-1)11-8-4-5-9-12-11;1-2-5-9-7(3-1)8-4-6-10-11-8;/h2*1-9H;1-6H,(H,10,11);. The summed E-state index contributed by atoms with van der Waals surface area (Å²) in [5.74, 6) is 0. The number of pyridine rings is 3. The Balaban J connectivity index is 0.000000149. The Morgan fingerprint density at radius 2 is 0.806 bits per heavy atom. The summed E-state index contributed by atoms with van der Waals surface area (Å²) in [5, 5.41) is 6.74. The molecule has 179 valence electrons. The predicted molar refractivity (Wildman–Crippen MR) is 141 cm³/mol. The minimum Gasteiger partial charge on any atom is -0.285 e. The van der Waals surface area contributed by atoms with E-state index in [1.165, 1.54) is 0 Å². The van der Waals surface area contributed by atoms with E-state index in [1.807, 2.05) is 109 Å². The summed E-state index contributed by atoms with van der Waals surface area (Å²) in [6, 6.07) is 39.8. The van der Waals surface area contributed by atoms with Gasteiger partial charge in [-0.15, -0.1) is 0 Å². The van der Waals surface area contributed by atoms with Gasteiger partial charge in [0.25, 0.3) is 0 Å². The molecule has 0 aliphatic heterocycles.